The molecule has 0 spiro atoms. The molecule has 166 valence electrons. The number of halogens is 4. The second-order valence-corrected chi connectivity index (χ2v) is 10.8. The molecule has 1 fully saturated rings. The van der Waals surface area contributed by atoms with Crippen molar-refractivity contribution in [2.45, 2.75) is 17.3 Å². The summed E-state index contributed by atoms with van der Waals surface area (Å²) >= 11 is 7.00. The fourth-order valence-corrected chi connectivity index (χ4v) is 6.42. The summed E-state index contributed by atoms with van der Waals surface area (Å²) in [6, 6.07) is 9.35. The molecular formula is C19H18ClF3N4O2S2. The van der Waals surface area contributed by atoms with Crippen LogP contribution in [0, 0.1) is 6.92 Å². The van der Waals surface area contributed by atoms with Gasteiger partial charge in [0.25, 0.3) is 10.0 Å². The Balaban J connectivity index is 1.49. The molecule has 0 atom stereocenters. The normalized spacial score (nSPS) is 16.1. The highest BCUT2D eigenvalue weighted by Crippen LogP contribution is 2.35. The number of aryl methyl sites for hydroxylation is 1. The molecule has 0 radical (unpaired) electrons. The van der Waals surface area contributed by atoms with E-state index in [1.165, 1.54) is 16.4 Å². The molecule has 31 heavy (non-hydrogen) atoms. The monoisotopic (exact) mass is 490 g/mol. The van der Waals surface area contributed by atoms with Gasteiger partial charge in [-0.15, -0.1) is 11.3 Å². The molecule has 0 unspecified atom stereocenters. The molecule has 1 aliphatic rings. The number of H-pyrrole nitrogens is 1. The lowest BCUT2D eigenvalue weighted by Crippen LogP contribution is -2.48. The number of anilines is 1. The van der Waals surface area contributed by atoms with Crippen molar-refractivity contribution in [2.24, 2.45) is 0 Å². The van der Waals surface area contributed by atoms with Gasteiger partial charge in [0.15, 0.2) is 0 Å². The van der Waals surface area contributed by atoms with E-state index in [-0.39, 0.29) is 9.90 Å². The number of hydrogen-bond donors (Lipinski definition) is 1. The molecule has 1 saturated heterocycles. The van der Waals surface area contributed by atoms with Gasteiger partial charge >= 0.3 is 6.18 Å². The molecule has 3 aromatic rings. The highest BCUT2D eigenvalue weighted by molar-refractivity contribution is 7.91. The number of nitrogens with zero attached hydrogens (tertiary/aromatic N) is 3. The van der Waals surface area contributed by atoms with Gasteiger partial charge in [-0.3, -0.25) is 5.10 Å². The van der Waals surface area contributed by atoms with Gasteiger partial charge in [0.05, 0.1) is 4.88 Å². The van der Waals surface area contributed by atoms with Crippen LogP contribution in [0.3, 0.4) is 0 Å². The van der Waals surface area contributed by atoms with Crippen LogP contribution in [-0.4, -0.2) is 49.1 Å². The third-order valence-electron chi connectivity index (χ3n) is 5.06. The van der Waals surface area contributed by atoms with Crippen molar-refractivity contribution in [1.82, 2.24) is 14.5 Å². The third-order valence-corrected chi connectivity index (χ3v) is 8.77. The summed E-state index contributed by atoms with van der Waals surface area (Å²) in [5, 5.41) is 6.22. The Labute approximate surface area is 186 Å². The molecular weight excluding hydrogens is 473 g/mol. The van der Waals surface area contributed by atoms with E-state index in [1.54, 1.807) is 0 Å². The van der Waals surface area contributed by atoms with Crippen LogP contribution in [0.1, 0.15) is 11.3 Å². The number of aromatic amines is 1. The molecule has 1 aromatic carbocycles. The Bertz CT molecular complexity index is 1200. The molecule has 2 aromatic heterocycles. The van der Waals surface area contributed by atoms with Gasteiger partial charge in [0.1, 0.15) is 15.6 Å². The van der Waals surface area contributed by atoms with Gasteiger partial charge in [-0.25, -0.2) is 8.42 Å². The molecule has 0 amide bonds. The van der Waals surface area contributed by atoms with E-state index in [0.29, 0.717) is 36.1 Å². The summed E-state index contributed by atoms with van der Waals surface area (Å²) in [4.78, 5) is 2.44. The zero-order valence-electron chi connectivity index (χ0n) is 16.3. The molecule has 12 heteroatoms. The highest BCUT2D eigenvalue weighted by Gasteiger charge is 2.34. The van der Waals surface area contributed by atoms with Crippen LogP contribution in [0.15, 0.2) is 40.6 Å². The molecule has 1 N–H and O–H groups in total. The lowest BCUT2D eigenvalue weighted by molar-refractivity contribution is -0.141. The average Bonchev–Trinajstić information content (AvgIpc) is 3.39. The van der Waals surface area contributed by atoms with Crippen molar-refractivity contribution in [3.63, 3.8) is 0 Å². The van der Waals surface area contributed by atoms with E-state index < -0.39 is 21.9 Å². The van der Waals surface area contributed by atoms with E-state index in [0.717, 1.165) is 28.7 Å². The lowest BCUT2D eigenvalue weighted by Gasteiger charge is -2.36. The van der Waals surface area contributed by atoms with E-state index in [2.05, 4.69) is 10.00 Å². The first kappa shape index (κ1) is 22.1. The van der Waals surface area contributed by atoms with Crippen molar-refractivity contribution in [2.75, 3.05) is 31.1 Å². The Morgan fingerprint density at radius 3 is 2.45 bits per heavy atom. The fraction of sp³-hybridized carbons (Fsp3) is 0.316. The molecule has 3 heterocycles. The van der Waals surface area contributed by atoms with Gasteiger partial charge in [-0.1, -0.05) is 17.7 Å². The second kappa shape index (κ2) is 8.12. The van der Waals surface area contributed by atoms with Crippen LogP contribution in [0.4, 0.5) is 18.9 Å². The summed E-state index contributed by atoms with van der Waals surface area (Å²) in [6.07, 6.45) is -4.54. The minimum Gasteiger partial charge on any atom is -0.369 e. The first-order valence-corrected chi connectivity index (χ1v) is 11.9. The number of nitrogens with one attached hydrogen (secondary N) is 1. The largest absolute Gasteiger partial charge is 0.432 e. The summed E-state index contributed by atoms with van der Waals surface area (Å²) in [6.45, 7) is 3.57. The van der Waals surface area contributed by atoms with Crippen molar-refractivity contribution >= 4 is 38.6 Å². The predicted molar refractivity (Wildman–Crippen MR) is 114 cm³/mol. The number of aromatic nitrogens is 2. The zero-order valence-corrected chi connectivity index (χ0v) is 18.7. The van der Waals surface area contributed by atoms with Crippen LogP contribution in [0.5, 0.6) is 0 Å². The maximum Gasteiger partial charge on any atom is 0.432 e. The van der Waals surface area contributed by atoms with E-state index in [1.807, 2.05) is 30.2 Å². The Kier molecular flexibility index (Phi) is 5.80. The maximum absolute atomic E-state index is 13.0. The van der Waals surface area contributed by atoms with Gasteiger partial charge in [-0.2, -0.15) is 22.6 Å². The SMILES string of the molecule is Cc1ccc(Cl)cc1N1CCN(S(=O)(=O)c2ccc(-c3cc(C(F)(F)F)[nH]n3)s2)CC1. The first-order valence-electron chi connectivity index (χ1n) is 9.30. The number of piperazine rings is 1. The predicted octanol–water partition coefficient (Wildman–Crippen LogP) is 4.63. The number of rotatable bonds is 4. The number of hydrogen-bond acceptors (Lipinski definition) is 5. The fourth-order valence-electron chi connectivity index (χ4n) is 3.41. The third kappa shape index (κ3) is 4.45. The van der Waals surface area contributed by atoms with Gasteiger partial charge in [0, 0.05) is 36.9 Å². The second-order valence-electron chi connectivity index (χ2n) is 7.11. The van der Waals surface area contributed by atoms with E-state index >= 15 is 0 Å². The standard InChI is InChI=1S/C19H18ClF3N4O2S2/c1-12-2-3-13(20)10-15(12)26-6-8-27(9-7-26)31(28,29)18-5-4-16(30-18)14-11-17(25-24-14)19(21,22)23/h2-5,10-11H,6-9H2,1H3,(H,24,25). The summed E-state index contributed by atoms with van der Waals surface area (Å²) in [5.41, 5.74) is 1.11. The molecule has 1 aliphatic heterocycles. The topological polar surface area (TPSA) is 69.3 Å². The van der Waals surface area contributed by atoms with Crippen molar-refractivity contribution in [1.29, 1.82) is 0 Å². The van der Waals surface area contributed by atoms with Crippen molar-refractivity contribution in [3.05, 3.63) is 52.7 Å². The van der Waals surface area contributed by atoms with Gasteiger partial charge in [0.2, 0.25) is 0 Å². The Morgan fingerprint density at radius 1 is 1.10 bits per heavy atom. The smallest absolute Gasteiger partial charge is 0.369 e. The zero-order chi connectivity index (χ0) is 22.4. The Morgan fingerprint density at radius 2 is 1.81 bits per heavy atom. The minimum absolute atomic E-state index is 0.0556. The van der Waals surface area contributed by atoms with Crippen LogP contribution in [0.25, 0.3) is 10.6 Å². The quantitative estimate of drug-likeness (QED) is 0.579. The van der Waals surface area contributed by atoms with Gasteiger partial charge < -0.3 is 4.90 Å². The molecule has 6 nitrogen and oxygen atoms in total. The van der Waals surface area contributed by atoms with E-state index in [9.17, 15) is 21.6 Å². The highest BCUT2D eigenvalue weighted by atomic mass is 35.5. The van der Waals surface area contributed by atoms with Crippen LogP contribution in [-0.2, 0) is 16.2 Å². The molecule has 0 saturated carbocycles. The number of thiophene rings is 1. The number of sulfonamides is 1. The van der Waals surface area contributed by atoms with Crippen LogP contribution < -0.4 is 4.90 Å². The summed E-state index contributed by atoms with van der Waals surface area (Å²) in [7, 11) is -3.76. The van der Waals surface area contributed by atoms with Crippen molar-refractivity contribution < 1.29 is 21.6 Å². The van der Waals surface area contributed by atoms with Crippen LogP contribution >= 0.6 is 22.9 Å². The summed E-state index contributed by atoms with van der Waals surface area (Å²) in [5.74, 6) is 0. The van der Waals surface area contributed by atoms with Gasteiger partial charge in [-0.05, 0) is 42.8 Å². The average molecular weight is 491 g/mol. The summed E-state index contributed by atoms with van der Waals surface area (Å²) < 4.78 is 65.9. The first-order chi connectivity index (χ1) is 14.6. The number of alkyl halides is 3. The molecule has 0 aliphatic carbocycles. The maximum atomic E-state index is 13.0. The number of benzene rings is 1. The molecule has 0 bridgehead atoms. The lowest BCUT2D eigenvalue weighted by atomic mass is 10.1. The Hall–Kier alpha value is -2.08. The van der Waals surface area contributed by atoms with E-state index in [4.69, 9.17) is 11.6 Å². The minimum atomic E-state index is -4.54. The van der Waals surface area contributed by atoms with Crippen molar-refractivity contribution in [3.8, 4) is 10.6 Å². The molecule has 4 rings (SSSR count). The van der Waals surface area contributed by atoms with Crippen LogP contribution in [0.2, 0.25) is 5.02 Å².